The first-order valence-corrected chi connectivity index (χ1v) is 10.2. The standard InChI is InChI=1S/C19H22ClN3O3S/c1-13-6-8-22(9-7-13)17(18-3-2-10-27-18)12-21-19(24)15-11-14(20)4-5-16(15)23(25)26/h2-5,10-11,13,17H,6-9,12H2,1H3,(H,21,24). The van der Waals surface area contributed by atoms with Gasteiger partial charge in [0, 0.05) is 22.5 Å². The molecule has 1 aliphatic heterocycles. The van der Waals surface area contributed by atoms with Crippen molar-refractivity contribution in [1.82, 2.24) is 10.2 Å². The van der Waals surface area contributed by atoms with Crippen molar-refractivity contribution in [3.63, 3.8) is 0 Å². The van der Waals surface area contributed by atoms with Crippen LogP contribution in [0.15, 0.2) is 35.7 Å². The maximum Gasteiger partial charge on any atom is 0.282 e. The van der Waals surface area contributed by atoms with Crippen molar-refractivity contribution in [2.75, 3.05) is 19.6 Å². The average molecular weight is 408 g/mol. The number of likely N-dealkylation sites (tertiary alicyclic amines) is 1. The minimum Gasteiger partial charge on any atom is -0.350 e. The summed E-state index contributed by atoms with van der Waals surface area (Å²) >= 11 is 7.60. The Hall–Kier alpha value is -1.96. The number of rotatable bonds is 6. The molecule has 8 heteroatoms. The maximum absolute atomic E-state index is 12.6. The Morgan fingerprint density at radius 3 is 2.78 bits per heavy atom. The van der Waals surface area contributed by atoms with Gasteiger partial charge >= 0.3 is 0 Å². The van der Waals surface area contributed by atoms with E-state index in [1.54, 1.807) is 11.3 Å². The largest absolute Gasteiger partial charge is 0.350 e. The number of benzene rings is 1. The van der Waals surface area contributed by atoms with Gasteiger partial charge in [-0.3, -0.25) is 19.8 Å². The van der Waals surface area contributed by atoms with Crippen molar-refractivity contribution in [2.45, 2.75) is 25.8 Å². The molecule has 2 heterocycles. The minimum atomic E-state index is -0.561. The molecular formula is C19H22ClN3O3S. The van der Waals surface area contributed by atoms with Crippen molar-refractivity contribution in [3.8, 4) is 0 Å². The fraction of sp³-hybridized carbons (Fsp3) is 0.421. The van der Waals surface area contributed by atoms with Gasteiger partial charge in [-0.05, 0) is 55.4 Å². The summed E-state index contributed by atoms with van der Waals surface area (Å²) < 4.78 is 0. The Kier molecular flexibility index (Phi) is 6.46. The second-order valence-electron chi connectivity index (χ2n) is 6.88. The molecule has 1 aromatic heterocycles. The number of halogens is 1. The molecule has 0 bridgehead atoms. The number of hydrogen-bond donors (Lipinski definition) is 1. The Morgan fingerprint density at radius 1 is 1.41 bits per heavy atom. The van der Waals surface area contributed by atoms with Crippen molar-refractivity contribution in [1.29, 1.82) is 0 Å². The lowest BCUT2D eigenvalue weighted by atomic mass is 9.97. The molecule has 1 saturated heterocycles. The summed E-state index contributed by atoms with van der Waals surface area (Å²) in [5.74, 6) is 0.241. The molecule has 1 N–H and O–H groups in total. The first-order valence-electron chi connectivity index (χ1n) is 8.95. The SMILES string of the molecule is CC1CCN(C(CNC(=O)c2cc(Cl)ccc2[N+](=O)[O-])c2cccs2)CC1. The van der Waals surface area contributed by atoms with Crippen LogP contribution in [-0.4, -0.2) is 35.4 Å². The van der Waals surface area contributed by atoms with Crippen molar-refractivity contribution in [3.05, 3.63) is 61.3 Å². The van der Waals surface area contributed by atoms with Gasteiger partial charge in [0.1, 0.15) is 5.56 Å². The number of amides is 1. The van der Waals surface area contributed by atoms with Crippen LogP contribution in [0.4, 0.5) is 5.69 Å². The number of carbonyl (C=O) groups is 1. The third-order valence-corrected chi connectivity index (χ3v) is 6.20. The Bertz CT molecular complexity index is 805. The molecule has 3 rings (SSSR count). The van der Waals surface area contributed by atoms with Gasteiger partial charge in [-0.2, -0.15) is 0 Å². The quantitative estimate of drug-likeness (QED) is 0.564. The van der Waals surface area contributed by atoms with Gasteiger partial charge in [0.05, 0.1) is 11.0 Å². The summed E-state index contributed by atoms with van der Waals surface area (Å²) in [6.45, 7) is 4.63. The molecule has 1 amide bonds. The highest BCUT2D eigenvalue weighted by Crippen LogP contribution is 2.29. The summed E-state index contributed by atoms with van der Waals surface area (Å²) in [7, 11) is 0. The molecule has 1 aliphatic rings. The van der Waals surface area contributed by atoms with Crippen LogP contribution in [0, 0.1) is 16.0 Å². The summed E-state index contributed by atoms with van der Waals surface area (Å²) in [6, 6.07) is 8.17. The Labute approximate surface area is 167 Å². The molecule has 1 unspecified atom stereocenters. The zero-order valence-corrected chi connectivity index (χ0v) is 16.6. The Morgan fingerprint density at radius 2 is 2.15 bits per heavy atom. The highest BCUT2D eigenvalue weighted by Gasteiger charge is 2.27. The number of nitrogens with one attached hydrogen (secondary N) is 1. The first-order chi connectivity index (χ1) is 13.0. The van der Waals surface area contributed by atoms with Crippen LogP contribution in [0.5, 0.6) is 0 Å². The monoisotopic (exact) mass is 407 g/mol. The van der Waals surface area contributed by atoms with E-state index in [1.807, 2.05) is 11.4 Å². The summed E-state index contributed by atoms with van der Waals surface area (Å²) in [5, 5.41) is 16.4. The number of piperidine rings is 1. The zero-order chi connectivity index (χ0) is 19.4. The van der Waals surface area contributed by atoms with E-state index < -0.39 is 10.8 Å². The van der Waals surface area contributed by atoms with E-state index in [1.165, 1.54) is 23.1 Å². The van der Waals surface area contributed by atoms with Crippen LogP contribution in [-0.2, 0) is 0 Å². The lowest BCUT2D eigenvalue weighted by molar-refractivity contribution is -0.385. The lowest BCUT2D eigenvalue weighted by Crippen LogP contribution is -2.41. The average Bonchev–Trinajstić information content (AvgIpc) is 3.17. The molecule has 0 radical (unpaired) electrons. The van der Waals surface area contributed by atoms with E-state index in [4.69, 9.17) is 11.6 Å². The molecule has 6 nitrogen and oxygen atoms in total. The molecule has 1 fully saturated rings. The summed E-state index contributed by atoms with van der Waals surface area (Å²) in [6.07, 6.45) is 2.27. The van der Waals surface area contributed by atoms with Crippen molar-refractivity contribution in [2.24, 2.45) is 5.92 Å². The second kappa shape index (κ2) is 8.82. The fourth-order valence-corrected chi connectivity index (χ4v) is 4.40. The molecule has 0 saturated carbocycles. The van der Waals surface area contributed by atoms with E-state index in [0.717, 1.165) is 25.9 Å². The normalized spacial score (nSPS) is 16.8. The maximum atomic E-state index is 12.6. The van der Waals surface area contributed by atoms with Crippen molar-refractivity contribution >= 4 is 34.5 Å². The molecule has 144 valence electrons. The van der Waals surface area contributed by atoms with E-state index in [-0.39, 0.29) is 17.3 Å². The minimum absolute atomic E-state index is 0.00954. The van der Waals surface area contributed by atoms with E-state index >= 15 is 0 Å². The van der Waals surface area contributed by atoms with Crippen LogP contribution < -0.4 is 5.32 Å². The van der Waals surface area contributed by atoms with Crippen LogP contribution in [0.3, 0.4) is 0 Å². The van der Waals surface area contributed by atoms with Gasteiger partial charge < -0.3 is 5.32 Å². The van der Waals surface area contributed by atoms with Crippen LogP contribution in [0.2, 0.25) is 5.02 Å². The predicted molar refractivity (Wildman–Crippen MR) is 107 cm³/mol. The molecule has 2 aromatic rings. The number of nitro groups is 1. The third kappa shape index (κ3) is 4.86. The molecule has 1 aromatic carbocycles. The topological polar surface area (TPSA) is 75.5 Å². The summed E-state index contributed by atoms with van der Waals surface area (Å²) in [4.78, 5) is 26.9. The summed E-state index contributed by atoms with van der Waals surface area (Å²) in [5.41, 5.74) is -0.249. The van der Waals surface area contributed by atoms with E-state index in [9.17, 15) is 14.9 Å². The highest BCUT2D eigenvalue weighted by atomic mass is 35.5. The molecule has 0 aliphatic carbocycles. The fourth-order valence-electron chi connectivity index (χ4n) is 3.36. The van der Waals surface area contributed by atoms with Crippen LogP contribution in [0.25, 0.3) is 0 Å². The molecular weight excluding hydrogens is 386 g/mol. The highest BCUT2D eigenvalue weighted by molar-refractivity contribution is 7.10. The van der Waals surface area contributed by atoms with Gasteiger partial charge in [0.15, 0.2) is 0 Å². The number of hydrogen-bond acceptors (Lipinski definition) is 5. The van der Waals surface area contributed by atoms with Gasteiger partial charge in [-0.1, -0.05) is 24.6 Å². The van der Waals surface area contributed by atoms with Crippen LogP contribution >= 0.6 is 22.9 Å². The zero-order valence-electron chi connectivity index (χ0n) is 15.1. The number of thiophene rings is 1. The van der Waals surface area contributed by atoms with Gasteiger partial charge in [0.2, 0.25) is 0 Å². The molecule has 1 atom stereocenters. The Balaban J connectivity index is 1.75. The lowest BCUT2D eigenvalue weighted by Gasteiger charge is -2.36. The first kappa shape index (κ1) is 19.8. The van der Waals surface area contributed by atoms with Gasteiger partial charge in [-0.15, -0.1) is 11.3 Å². The van der Waals surface area contributed by atoms with Gasteiger partial charge in [0.25, 0.3) is 11.6 Å². The van der Waals surface area contributed by atoms with Crippen LogP contribution in [0.1, 0.15) is 41.0 Å². The number of nitrogens with zero attached hydrogens (tertiary/aromatic N) is 2. The van der Waals surface area contributed by atoms with Gasteiger partial charge in [-0.25, -0.2) is 0 Å². The molecule has 0 spiro atoms. The van der Waals surface area contributed by atoms with Crippen molar-refractivity contribution < 1.29 is 9.72 Å². The number of nitro benzene ring substituents is 1. The second-order valence-corrected chi connectivity index (χ2v) is 8.29. The predicted octanol–water partition coefficient (Wildman–Crippen LogP) is 4.51. The van der Waals surface area contributed by atoms with E-state index in [2.05, 4.69) is 23.2 Å². The van der Waals surface area contributed by atoms with E-state index in [0.29, 0.717) is 17.5 Å². The smallest absolute Gasteiger partial charge is 0.282 e. The number of carbonyl (C=O) groups excluding carboxylic acids is 1. The third-order valence-electron chi connectivity index (χ3n) is 4.99. The molecule has 27 heavy (non-hydrogen) atoms.